The summed E-state index contributed by atoms with van der Waals surface area (Å²) in [5.74, 6) is 1.38. The van der Waals surface area contributed by atoms with Crippen molar-refractivity contribution in [3.8, 4) is 5.88 Å². The highest BCUT2D eigenvalue weighted by Crippen LogP contribution is 2.28. The van der Waals surface area contributed by atoms with Gasteiger partial charge in [-0.15, -0.1) is 0 Å². The van der Waals surface area contributed by atoms with Crippen molar-refractivity contribution in [1.82, 2.24) is 9.97 Å². The summed E-state index contributed by atoms with van der Waals surface area (Å²) in [5, 5.41) is 12.7. The summed E-state index contributed by atoms with van der Waals surface area (Å²) >= 11 is 0. The zero-order chi connectivity index (χ0) is 11.8. The monoisotopic (exact) mass is 224 g/mol. The number of nitrogens with one attached hydrogen (secondary N) is 1. The maximum Gasteiger partial charge on any atom is 0.225 e. The fourth-order valence-electron chi connectivity index (χ4n) is 1.52. The van der Waals surface area contributed by atoms with Gasteiger partial charge in [0.1, 0.15) is 12.4 Å². The van der Waals surface area contributed by atoms with Gasteiger partial charge in [-0.25, -0.2) is 0 Å². The Morgan fingerprint density at radius 3 is 2.94 bits per heavy atom. The minimum absolute atomic E-state index is 0.176. The van der Waals surface area contributed by atoms with Gasteiger partial charge >= 0.3 is 0 Å². The van der Waals surface area contributed by atoms with Crippen LogP contribution in [0.5, 0.6) is 5.88 Å². The molecule has 1 aliphatic rings. The SMILES string of the molecule is CC(C)(O)COc1nc(N)nc2c1CCN2. The van der Waals surface area contributed by atoms with Gasteiger partial charge in [-0.3, -0.25) is 0 Å². The highest BCUT2D eigenvalue weighted by molar-refractivity contribution is 5.56. The summed E-state index contributed by atoms with van der Waals surface area (Å²) in [7, 11) is 0. The highest BCUT2D eigenvalue weighted by atomic mass is 16.5. The first-order chi connectivity index (χ1) is 7.46. The fourth-order valence-corrected chi connectivity index (χ4v) is 1.52. The number of fused-ring (bicyclic) bond motifs is 1. The molecule has 1 aliphatic heterocycles. The molecular formula is C10H16N4O2. The molecule has 1 aromatic heterocycles. The van der Waals surface area contributed by atoms with Gasteiger partial charge in [0.15, 0.2) is 0 Å². The Balaban J connectivity index is 2.21. The largest absolute Gasteiger partial charge is 0.474 e. The number of hydrogen-bond acceptors (Lipinski definition) is 6. The lowest BCUT2D eigenvalue weighted by molar-refractivity contribution is 0.0265. The Morgan fingerprint density at radius 2 is 2.25 bits per heavy atom. The molecule has 4 N–H and O–H groups in total. The minimum Gasteiger partial charge on any atom is -0.474 e. The standard InChI is InChI=1S/C10H16N4O2/c1-10(2,15)5-16-8-6-3-4-12-7(6)13-9(11)14-8/h15H,3-5H2,1-2H3,(H3,11,12,13,14). The molecule has 16 heavy (non-hydrogen) atoms. The normalized spacial score (nSPS) is 14.4. The van der Waals surface area contributed by atoms with Crippen LogP contribution in [-0.2, 0) is 6.42 Å². The number of hydrogen-bond donors (Lipinski definition) is 3. The van der Waals surface area contributed by atoms with Crippen molar-refractivity contribution in [2.75, 3.05) is 24.2 Å². The summed E-state index contributed by atoms with van der Waals surface area (Å²) in [4.78, 5) is 8.11. The molecule has 0 saturated carbocycles. The van der Waals surface area contributed by atoms with Crippen LogP contribution in [0.2, 0.25) is 0 Å². The topological polar surface area (TPSA) is 93.3 Å². The second kappa shape index (κ2) is 3.79. The van der Waals surface area contributed by atoms with E-state index in [0.717, 1.165) is 24.3 Å². The van der Waals surface area contributed by atoms with Gasteiger partial charge in [-0.1, -0.05) is 0 Å². The molecule has 0 bridgehead atoms. The van der Waals surface area contributed by atoms with Crippen LogP contribution in [0.25, 0.3) is 0 Å². The predicted octanol–water partition coefficient (Wildman–Crippen LogP) is 0.176. The van der Waals surface area contributed by atoms with Gasteiger partial charge in [-0.2, -0.15) is 9.97 Å². The van der Waals surface area contributed by atoms with Crippen LogP contribution >= 0.6 is 0 Å². The van der Waals surface area contributed by atoms with Crippen LogP contribution in [0.15, 0.2) is 0 Å². The lowest BCUT2D eigenvalue weighted by Crippen LogP contribution is -2.28. The average molecular weight is 224 g/mol. The second-order valence-corrected chi connectivity index (χ2v) is 4.49. The van der Waals surface area contributed by atoms with Gasteiger partial charge in [0.2, 0.25) is 11.8 Å². The van der Waals surface area contributed by atoms with Crippen LogP contribution in [0, 0.1) is 0 Å². The molecule has 0 saturated heterocycles. The number of anilines is 2. The van der Waals surface area contributed by atoms with Crippen molar-refractivity contribution in [1.29, 1.82) is 0 Å². The molecule has 0 unspecified atom stereocenters. The number of nitrogens with zero attached hydrogens (tertiary/aromatic N) is 2. The summed E-state index contributed by atoms with van der Waals surface area (Å²) in [5.41, 5.74) is 5.61. The third-order valence-corrected chi connectivity index (χ3v) is 2.22. The smallest absolute Gasteiger partial charge is 0.225 e. The average Bonchev–Trinajstić information content (AvgIpc) is 2.60. The molecule has 6 nitrogen and oxygen atoms in total. The predicted molar refractivity (Wildman–Crippen MR) is 60.4 cm³/mol. The maximum atomic E-state index is 9.58. The van der Waals surface area contributed by atoms with E-state index in [9.17, 15) is 5.11 Å². The Kier molecular flexibility index (Phi) is 2.59. The zero-order valence-corrected chi connectivity index (χ0v) is 9.45. The van der Waals surface area contributed by atoms with Crippen LogP contribution in [0.3, 0.4) is 0 Å². The van der Waals surface area contributed by atoms with E-state index in [1.807, 2.05) is 0 Å². The molecule has 88 valence electrons. The molecular weight excluding hydrogens is 208 g/mol. The lowest BCUT2D eigenvalue weighted by atomic mass is 10.2. The van der Waals surface area contributed by atoms with E-state index in [2.05, 4.69) is 15.3 Å². The van der Waals surface area contributed by atoms with Crippen LogP contribution in [0.4, 0.5) is 11.8 Å². The summed E-state index contributed by atoms with van der Waals surface area (Å²) in [6, 6.07) is 0. The van der Waals surface area contributed by atoms with Crippen molar-refractivity contribution >= 4 is 11.8 Å². The number of aliphatic hydroxyl groups is 1. The highest BCUT2D eigenvalue weighted by Gasteiger charge is 2.21. The van der Waals surface area contributed by atoms with Gasteiger partial charge in [0, 0.05) is 6.54 Å². The minimum atomic E-state index is -0.890. The lowest BCUT2D eigenvalue weighted by Gasteiger charge is -2.18. The Morgan fingerprint density at radius 1 is 1.50 bits per heavy atom. The van der Waals surface area contributed by atoms with Crippen LogP contribution in [-0.4, -0.2) is 33.8 Å². The van der Waals surface area contributed by atoms with Gasteiger partial charge in [-0.05, 0) is 20.3 Å². The quantitative estimate of drug-likeness (QED) is 0.678. The Bertz CT molecular complexity index is 401. The maximum absolute atomic E-state index is 9.58. The van der Waals surface area contributed by atoms with E-state index in [0.29, 0.717) is 5.88 Å². The molecule has 2 heterocycles. The molecule has 0 amide bonds. The summed E-state index contributed by atoms with van der Waals surface area (Å²) in [6.45, 7) is 4.34. The molecule has 0 aromatic carbocycles. The molecule has 0 spiro atoms. The second-order valence-electron chi connectivity index (χ2n) is 4.49. The molecule has 1 aromatic rings. The first-order valence-electron chi connectivity index (χ1n) is 5.21. The van der Waals surface area contributed by atoms with Gasteiger partial charge in [0.25, 0.3) is 0 Å². The van der Waals surface area contributed by atoms with Crippen molar-refractivity contribution in [2.45, 2.75) is 25.9 Å². The fraction of sp³-hybridized carbons (Fsp3) is 0.600. The van der Waals surface area contributed by atoms with E-state index in [1.165, 1.54) is 0 Å². The van der Waals surface area contributed by atoms with E-state index < -0.39 is 5.60 Å². The van der Waals surface area contributed by atoms with E-state index in [4.69, 9.17) is 10.5 Å². The van der Waals surface area contributed by atoms with Crippen LogP contribution in [0.1, 0.15) is 19.4 Å². The van der Waals surface area contributed by atoms with Crippen molar-refractivity contribution in [3.05, 3.63) is 5.56 Å². The molecule has 0 aliphatic carbocycles. The third-order valence-electron chi connectivity index (χ3n) is 2.22. The molecule has 0 atom stereocenters. The van der Waals surface area contributed by atoms with Crippen molar-refractivity contribution in [2.24, 2.45) is 0 Å². The molecule has 0 radical (unpaired) electrons. The van der Waals surface area contributed by atoms with Crippen molar-refractivity contribution in [3.63, 3.8) is 0 Å². The summed E-state index contributed by atoms with van der Waals surface area (Å²) in [6.07, 6.45) is 0.816. The van der Waals surface area contributed by atoms with Gasteiger partial charge < -0.3 is 20.9 Å². The van der Waals surface area contributed by atoms with Crippen molar-refractivity contribution < 1.29 is 9.84 Å². The number of nitrogens with two attached hydrogens (primary N) is 1. The molecule has 0 fully saturated rings. The number of rotatable bonds is 3. The Hall–Kier alpha value is -1.56. The van der Waals surface area contributed by atoms with E-state index >= 15 is 0 Å². The first kappa shape index (κ1) is 10.9. The Labute approximate surface area is 93.9 Å². The van der Waals surface area contributed by atoms with E-state index in [1.54, 1.807) is 13.8 Å². The first-order valence-corrected chi connectivity index (χ1v) is 5.21. The van der Waals surface area contributed by atoms with Gasteiger partial charge in [0.05, 0.1) is 11.2 Å². The third kappa shape index (κ3) is 2.33. The number of nitrogen functional groups attached to an aromatic ring is 1. The molecule has 2 rings (SSSR count). The van der Waals surface area contributed by atoms with E-state index in [-0.39, 0.29) is 12.6 Å². The zero-order valence-electron chi connectivity index (χ0n) is 9.45. The van der Waals surface area contributed by atoms with Crippen LogP contribution < -0.4 is 15.8 Å². The number of ether oxygens (including phenoxy) is 1. The summed E-state index contributed by atoms with van der Waals surface area (Å²) < 4.78 is 5.47. The number of aromatic nitrogens is 2. The molecule has 6 heteroatoms.